The second-order valence-electron chi connectivity index (χ2n) is 8.55. The van der Waals surface area contributed by atoms with E-state index >= 15 is 0 Å². The van der Waals surface area contributed by atoms with Crippen LogP contribution in [0.2, 0.25) is 0 Å². The third-order valence-corrected chi connectivity index (χ3v) is 5.82. The predicted molar refractivity (Wildman–Crippen MR) is 124 cm³/mol. The van der Waals surface area contributed by atoms with Crippen LogP contribution < -0.4 is 11.1 Å². The van der Waals surface area contributed by atoms with Crippen molar-refractivity contribution in [3.63, 3.8) is 0 Å². The van der Waals surface area contributed by atoms with Crippen molar-refractivity contribution in [2.45, 2.75) is 33.7 Å². The van der Waals surface area contributed by atoms with Gasteiger partial charge in [-0.3, -0.25) is 0 Å². The van der Waals surface area contributed by atoms with E-state index in [2.05, 4.69) is 69.7 Å². The van der Waals surface area contributed by atoms with Crippen LogP contribution in [0.5, 0.6) is 0 Å². The van der Waals surface area contributed by atoms with Gasteiger partial charge < -0.3 is 20.0 Å². The fourth-order valence-corrected chi connectivity index (χ4v) is 4.08. The highest BCUT2D eigenvalue weighted by Gasteiger charge is 2.18. The van der Waals surface area contributed by atoms with Gasteiger partial charge in [-0.1, -0.05) is 20.8 Å². The van der Waals surface area contributed by atoms with Gasteiger partial charge in [-0.15, -0.1) is 0 Å². The van der Waals surface area contributed by atoms with E-state index in [9.17, 15) is 4.39 Å². The summed E-state index contributed by atoms with van der Waals surface area (Å²) in [5.74, 6) is 0.814. The van der Waals surface area contributed by atoms with Gasteiger partial charge in [-0.05, 0) is 51.8 Å². The van der Waals surface area contributed by atoms with Crippen molar-refractivity contribution in [2.24, 2.45) is 5.41 Å². The van der Waals surface area contributed by atoms with E-state index in [1.165, 1.54) is 0 Å². The third-order valence-electron chi connectivity index (χ3n) is 4.81. The molecule has 4 aromatic rings. The molecule has 0 unspecified atom stereocenters. The van der Waals surface area contributed by atoms with Crippen LogP contribution in [0.4, 0.5) is 10.2 Å². The molecule has 7 nitrogen and oxygen atoms in total. The van der Waals surface area contributed by atoms with Crippen LogP contribution in [0.15, 0.2) is 28.9 Å². The van der Waals surface area contributed by atoms with Gasteiger partial charge in [0.25, 0.3) is 0 Å². The number of aromatic nitrogens is 4. The predicted octanol–water partition coefficient (Wildman–Crippen LogP) is 4.12. The molecular weight excluding hydrogens is 498 g/mol. The first kappa shape index (κ1) is 21.0. The van der Waals surface area contributed by atoms with Crippen LogP contribution in [-0.4, -0.2) is 32.6 Å². The third kappa shape index (κ3) is 4.41. The van der Waals surface area contributed by atoms with E-state index in [4.69, 9.17) is 10.2 Å². The Labute approximate surface area is 187 Å². The van der Waals surface area contributed by atoms with Crippen molar-refractivity contribution in [1.82, 2.24) is 24.8 Å². The molecule has 158 valence electrons. The first-order chi connectivity index (χ1) is 14.2. The molecule has 0 spiro atoms. The van der Waals surface area contributed by atoms with Crippen LogP contribution in [0.25, 0.3) is 22.1 Å². The maximum Gasteiger partial charge on any atom is 0.312 e. The first-order valence-corrected chi connectivity index (χ1v) is 10.8. The zero-order chi connectivity index (χ0) is 21.5. The summed E-state index contributed by atoms with van der Waals surface area (Å²) in [6.07, 6.45) is 1.38. The lowest BCUT2D eigenvalue weighted by Crippen LogP contribution is -2.30. The minimum absolute atomic E-state index is 0.0522. The van der Waals surface area contributed by atoms with Gasteiger partial charge in [0, 0.05) is 35.0 Å². The number of fused-ring (bicyclic) bond motifs is 2. The molecule has 0 aliphatic carbocycles. The molecule has 3 aromatic heterocycles. The van der Waals surface area contributed by atoms with Crippen LogP contribution in [-0.2, 0) is 13.0 Å². The molecule has 0 saturated carbocycles. The Bertz CT molecular complexity index is 1210. The summed E-state index contributed by atoms with van der Waals surface area (Å²) in [6, 6.07) is 6.05. The quantitative estimate of drug-likeness (QED) is 0.225. The number of hydrogen-bond donors (Lipinski definition) is 2. The molecule has 0 radical (unpaired) electrons. The lowest BCUT2D eigenvalue weighted by molar-refractivity contribution is 0.375. The summed E-state index contributed by atoms with van der Waals surface area (Å²) in [6.45, 7) is 8.69. The largest absolute Gasteiger partial charge is 0.464 e. The molecule has 0 saturated heterocycles. The monoisotopic (exact) mass is 522 g/mol. The summed E-state index contributed by atoms with van der Waals surface area (Å²) >= 11 is 2.31. The molecule has 4 rings (SSSR count). The normalized spacial score (nSPS) is 12.3. The number of nitrogens with one attached hydrogen (secondary N) is 1. The summed E-state index contributed by atoms with van der Waals surface area (Å²) in [5, 5.41) is 4.50. The molecule has 3 N–H and O–H groups in total. The average Bonchev–Trinajstić information content (AvgIpc) is 3.23. The Hall–Kier alpha value is -2.27. The Morgan fingerprint density at radius 1 is 1.23 bits per heavy atom. The number of hydrogen-bond acceptors (Lipinski definition) is 6. The molecule has 0 bridgehead atoms. The standard InChI is InChI=1S/C21H24FIN6O/c1-21(2,3)11-25-5-6-29-16(26-17-18(24)27-20(22)28-19(17)29)10-13-9-15-12(4-7-30-15)8-14(13)23/h4,7-9,25H,5-6,10-11H2,1-3H3,(H2,24,27,28). The van der Waals surface area contributed by atoms with Crippen LogP contribution in [0.1, 0.15) is 32.2 Å². The summed E-state index contributed by atoms with van der Waals surface area (Å²) in [4.78, 5) is 12.3. The molecular formula is C21H24FIN6O. The maximum absolute atomic E-state index is 13.9. The average molecular weight is 522 g/mol. The first-order valence-electron chi connectivity index (χ1n) is 9.76. The van der Waals surface area contributed by atoms with Gasteiger partial charge in [0.1, 0.15) is 11.4 Å². The summed E-state index contributed by atoms with van der Waals surface area (Å²) < 4.78 is 22.5. The minimum atomic E-state index is -0.845. The smallest absolute Gasteiger partial charge is 0.312 e. The van der Waals surface area contributed by atoms with Crippen molar-refractivity contribution in [3.8, 4) is 0 Å². The van der Waals surface area contributed by atoms with Crippen LogP contribution >= 0.6 is 22.6 Å². The highest BCUT2D eigenvalue weighted by atomic mass is 127. The Balaban J connectivity index is 1.70. The van der Waals surface area contributed by atoms with Crippen LogP contribution in [0, 0.1) is 15.1 Å². The van der Waals surface area contributed by atoms with Gasteiger partial charge in [0.15, 0.2) is 17.0 Å². The lowest BCUT2D eigenvalue weighted by Gasteiger charge is -2.19. The number of nitrogens with zero attached hydrogens (tertiary/aromatic N) is 4. The van der Waals surface area contributed by atoms with Gasteiger partial charge in [-0.2, -0.15) is 14.4 Å². The molecule has 1 aromatic carbocycles. The zero-order valence-corrected chi connectivity index (χ0v) is 19.3. The summed E-state index contributed by atoms with van der Waals surface area (Å²) in [5.41, 5.74) is 8.85. The number of rotatable bonds is 6. The fourth-order valence-electron chi connectivity index (χ4n) is 3.39. The zero-order valence-electron chi connectivity index (χ0n) is 17.2. The molecule has 0 amide bonds. The SMILES string of the molecule is CC(C)(C)CNCCn1c(Cc2cc3occc3cc2I)nc2c(N)nc(F)nc21. The maximum atomic E-state index is 13.9. The number of nitrogens with two attached hydrogens (primary N) is 1. The van der Waals surface area contributed by atoms with E-state index in [0.717, 1.165) is 32.5 Å². The highest BCUT2D eigenvalue weighted by molar-refractivity contribution is 14.1. The van der Waals surface area contributed by atoms with Crippen LogP contribution in [0.3, 0.4) is 0 Å². The molecule has 0 atom stereocenters. The van der Waals surface area contributed by atoms with Gasteiger partial charge >= 0.3 is 6.08 Å². The van der Waals surface area contributed by atoms with E-state index in [0.29, 0.717) is 30.7 Å². The summed E-state index contributed by atoms with van der Waals surface area (Å²) in [7, 11) is 0. The van der Waals surface area contributed by atoms with Crippen molar-refractivity contribution in [1.29, 1.82) is 0 Å². The molecule has 0 aliphatic rings. The number of benzene rings is 1. The van der Waals surface area contributed by atoms with Crippen molar-refractivity contribution in [3.05, 3.63) is 45.5 Å². The molecule has 0 aliphatic heterocycles. The number of nitrogen functional groups attached to an aromatic ring is 1. The minimum Gasteiger partial charge on any atom is -0.464 e. The van der Waals surface area contributed by atoms with Crippen molar-refractivity contribution in [2.75, 3.05) is 18.8 Å². The second-order valence-corrected chi connectivity index (χ2v) is 9.71. The number of anilines is 1. The Kier molecular flexibility index (Phi) is 5.67. The molecule has 3 heterocycles. The lowest BCUT2D eigenvalue weighted by atomic mass is 9.97. The van der Waals surface area contributed by atoms with E-state index < -0.39 is 6.08 Å². The highest BCUT2D eigenvalue weighted by Crippen LogP contribution is 2.26. The molecule has 9 heteroatoms. The van der Waals surface area contributed by atoms with Crippen molar-refractivity contribution < 1.29 is 8.81 Å². The molecule has 30 heavy (non-hydrogen) atoms. The van der Waals surface area contributed by atoms with E-state index in [1.54, 1.807) is 6.26 Å². The Morgan fingerprint density at radius 3 is 2.80 bits per heavy atom. The topological polar surface area (TPSA) is 94.8 Å². The van der Waals surface area contributed by atoms with Gasteiger partial charge in [0.2, 0.25) is 0 Å². The van der Waals surface area contributed by atoms with E-state index in [-0.39, 0.29) is 11.2 Å². The number of furan rings is 1. The van der Waals surface area contributed by atoms with Crippen molar-refractivity contribution >= 4 is 50.5 Å². The number of imidazole rings is 1. The second kappa shape index (κ2) is 8.10. The molecule has 0 fully saturated rings. The van der Waals surface area contributed by atoms with Gasteiger partial charge in [-0.25, -0.2) is 4.98 Å². The number of halogens is 2. The Morgan fingerprint density at radius 2 is 2.03 bits per heavy atom. The van der Waals surface area contributed by atoms with Gasteiger partial charge in [0.05, 0.1) is 6.26 Å². The fraction of sp³-hybridized carbons (Fsp3) is 0.381. The van der Waals surface area contributed by atoms with E-state index in [1.807, 2.05) is 16.7 Å².